The van der Waals surface area contributed by atoms with Crippen LogP contribution in [0.5, 0.6) is 0 Å². The van der Waals surface area contributed by atoms with Crippen LogP contribution in [-0.4, -0.2) is 24.0 Å². The fraction of sp³-hybridized carbons (Fsp3) is 0.647. The average Bonchev–Trinajstić information content (AvgIpc) is 2.47. The number of aryl methyl sites for hydroxylation is 1. The van der Waals surface area contributed by atoms with Crippen molar-refractivity contribution in [2.24, 2.45) is 5.73 Å². The van der Waals surface area contributed by atoms with Crippen molar-refractivity contribution < 1.29 is 4.39 Å². The Kier molecular flexibility index (Phi) is 5.55. The van der Waals surface area contributed by atoms with Gasteiger partial charge in [0.2, 0.25) is 0 Å². The first kappa shape index (κ1) is 15.5. The van der Waals surface area contributed by atoms with E-state index in [2.05, 4.69) is 11.8 Å². The molecule has 1 aromatic carbocycles. The molecule has 2 atom stereocenters. The summed E-state index contributed by atoms with van der Waals surface area (Å²) in [7, 11) is 0. The molecule has 2 unspecified atom stereocenters. The van der Waals surface area contributed by atoms with E-state index in [1.807, 2.05) is 12.1 Å². The van der Waals surface area contributed by atoms with E-state index in [4.69, 9.17) is 5.73 Å². The fourth-order valence-corrected chi connectivity index (χ4v) is 3.13. The minimum Gasteiger partial charge on any atom is -0.324 e. The first-order chi connectivity index (χ1) is 9.61. The van der Waals surface area contributed by atoms with Crippen LogP contribution in [0.15, 0.2) is 18.2 Å². The maximum Gasteiger partial charge on any atom is 0.126 e. The van der Waals surface area contributed by atoms with Crippen LogP contribution in [0, 0.1) is 12.7 Å². The van der Waals surface area contributed by atoms with Crippen molar-refractivity contribution in [3.8, 4) is 0 Å². The Hall–Kier alpha value is -0.930. The summed E-state index contributed by atoms with van der Waals surface area (Å²) < 4.78 is 13.6. The largest absolute Gasteiger partial charge is 0.324 e. The molecule has 112 valence electrons. The van der Waals surface area contributed by atoms with Crippen molar-refractivity contribution >= 4 is 0 Å². The predicted molar refractivity (Wildman–Crippen MR) is 82.2 cm³/mol. The molecule has 0 aromatic heterocycles. The topological polar surface area (TPSA) is 29.3 Å². The van der Waals surface area contributed by atoms with Crippen molar-refractivity contribution in [3.05, 3.63) is 35.1 Å². The summed E-state index contributed by atoms with van der Waals surface area (Å²) in [6.07, 6.45) is 6.08. The normalized spacial score (nSPS) is 21.9. The summed E-state index contributed by atoms with van der Waals surface area (Å²) in [6, 6.07) is 6.01. The second-order valence-electron chi connectivity index (χ2n) is 6.00. The Morgan fingerprint density at radius 3 is 2.90 bits per heavy atom. The molecule has 2 nitrogen and oxygen atoms in total. The van der Waals surface area contributed by atoms with Crippen LogP contribution < -0.4 is 5.73 Å². The first-order valence-electron chi connectivity index (χ1n) is 7.87. The second-order valence-corrected chi connectivity index (χ2v) is 6.00. The Bertz CT molecular complexity index is 433. The van der Waals surface area contributed by atoms with E-state index in [1.165, 1.54) is 32.2 Å². The highest BCUT2D eigenvalue weighted by Crippen LogP contribution is 2.22. The number of benzene rings is 1. The van der Waals surface area contributed by atoms with Gasteiger partial charge in [0.15, 0.2) is 0 Å². The molecule has 3 heteroatoms. The lowest BCUT2D eigenvalue weighted by Crippen LogP contribution is -2.40. The summed E-state index contributed by atoms with van der Waals surface area (Å²) in [5.74, 6) is -0.151. The third kappa shape index (κ3) is 3.80. The zero-order valence-corrected chi connectivity index (χ0v) is 12.7. The number of halogens is 1. The standard InChI is InChI=1S/C17H27FN2/c1-3-15-6-4-5-10-20(15)11-9-17(19)14-8-7-13(2)16(18)12-14/h7-8,12,15,17H,3-6,9-11,19H2,1-2H3. The lowest BCUT2D eigenvalue weighted by molar-refractivity contribution is 0.139. The van der Waals surface area contributed by atoms with Crippen molar-refractivity contribution in [3.63, 3.8) is 0 Å². The molecule has 1 saturated heterocycles. The molecule has 0 spiro atoms. The fourth-order valence-electron chi connectivity index (χ4n) is 3.13. The van der Waals surface area contributed by atoms with Crippen molar-refractivity contribution in [2.75, 3.05) is 13.1 Å². The molecule has 0 amide bonds. The molecule has 1 heterocycles. The highest BCUT2D eigenvalue weighted by atomic mass is 19.1. The zero-order valence-electron chi connectivity index (χ0n) is 12.7. The Morgan fingerprint density at radius 1 is 1.40 bits per heavy atom. The molecular weight excluding hydrogens is 251 g/mol. The van der Waals surface area contributed by atoms with E-state index in [0.29, 0.717) is 11.6 Å². The van der Waals surface area contributed by atoms with Crippen LogP contribution in [-0.2, 0) is 0 Å². The van der Waals surface area contributed by atoms with Gasteiger partial charge in [0.25, 0.3) is 0 Å². The molecule has 1 aliphatic heterocycles. The maximum atomic E-state index is 13.6. The van der Waals surface area contributed by atoms with Crippen LogP contribution in [0.2, 0.25) is 0 Å². The van der Waals surface area contributed by atoms with E-state index in [9.17, 15) is 4.39 Å². The van der Waals surface area contributed by atoms with E-state index in [1.54, 1.807) is 13.0 Å². The number of likely N-dealkylation sites (tertiary alicyclic amines) is 1. The van der Waals surface area contributed by atoms with Gasteiger partial charge in [0, 0.05) is 18.6 Å². The van der Waals surface area contributed by atoms with Crippen molar-refractivity contribution in [2.45, 2.75) is 58.0 Å². The molecule has 0 bridgehead atoms. The Morgan fingerprint density at radius 2 is 2.20 bits per heavy atom. The van der Waals surface area contributed by atoms with Crippen LogP contribution in [0.4, 0.5) is 4.39 Å². The SMILES string of the molecule is CCC1CCCCN1CCC(N)c1ccc(C)c(F)c1. The number of hydrogen-bond acceptors (Lipinski definition) is 2. The lowest BCUT2D eigenvalue weighted by Gasteiger charge is -2.35. The van der Waals surface area contributed by atoms with E-state index in [0.717, 1.165) is 18.5 Å². The summed E-state index contributed by atoms with van der Waals surface area (Å²) >= 11 is 0. The summed E-state index contributed by atoms with van der Waals surface area (Å²) in [5, 5.41) is 0. The highest BCUT2D eigenvalue weighted by Gasteiger charge is 2.21. The molecule has 1 aromatic rings. The summed E-state index contributed by atoms with van der Waals surface area (Å²) in [5.41, 5.74) is 7.82. The van der Waals surface area contributed by atoms with Crippen LogP contribution in [0.25, 0.3) is 0 Å². The minimum absolute atomic E-state index is 0.0652. The van der Waals surface area contributed by atoms with Crippen molar-refractivity contribution in [1.82, 2.24) is 4.90 Å². The summed E-state index contributed by atoms with van der Waals surface area (Å²) in [4.78, 5) is 2.56. The van der Waals surface area contributed by atoms with Crippen LogP contribution in [0.3, 0.4) is 0 Å². The third-order valence-corrected chi connectivity index (χ3v) is 4.57. The lowest BCUT2D eigenvalue weighted by atomic mass is 9.98. The number of hydrogen-bond donors (Lipinski definition) is 1. The minimum atomic E-state index is -0.151. The van der Waals surface area contributed by atoms with Gasteiger partial charge in [-0.05, 0) is 56.3 Å². The zero-order chi connectivity index (χ0) is 14.5. The Balaban J connectivity index is 1.90. The number of piperidine rings is 1. The van der Waals surface area contributed by atoms with Gasteiger partial charge >= 0.3 is 0 Å². The van der Waals surface area contributed by atoms with Gasteiger partial charge in [-0.25, -0.2) is 4.39 Å². The summed E-state index contributed by atoms with van der Waals surface area (Å²) in [6.45, 7) is 6.26. The van der Waals surface area contributed by atoms with Gasteiger partial charge < -0.3 is 10.6 Å². The van der Waals surface area contributed by atoms with Crippen LogP contribution in [0.1, 0.15) is 56.2 Å². The number of rotatable bonds is 5. The predicted octanol–water partition coefficient (Wildman–Crippen LogP) is 3.79. The monoisotopic (exact) mass is 278 g/mol. The molecular formula is C17H27FN2. The molecule has 0 aliphatic carbocycles. The average molecular weight is 278 g/mol. The van der Waals surface area contributed by atoms with Gasteiger partial charge in [-0.3, -0.25) is 0 Å². The maximum absolute atomic E-state index is 13.6. The van der Waals surface area contributed by atoms with Gasteiger partial charge in [-0.15, -0.1) is 0 Å². The smallest absolute Gasteiger partial charge is 0.126 e. The van der Waals surface area contributed by atoms with Gasteiger partial charge in [0.05, 0.1) is 0 Å². The second kappa shape index (κ2) is 7.19. The van der Waals surface area contributed by atoms with E-state index < -0.39 is 0 Å². The van der Waals surface area contributed by atoms with E-state index in [-0.39, 0.29) is 11.9 Å². The van der Waals surface area contributed by atoms with Gasteiger partial charge in [0.1, 0.15) is 5.82 Å². The third-order valence-electron chi connectivity index (χ3n) is 4.57. The van der Waals surface area contributed by atoms with Crippen LogP contribution >= 0.6 is 0 Å². The molecule has 1 aliphatic rings. The molecule has 0 radical (unpaired) electrons. The molecule has 1 fully saturated rings. The molecule has 2 N–H and O–H groups in total. The number of nitrogens with two attached hydrogens (primary N) is 1. The molecule has 2 rings (SSSR count). The van der Waals surface area contributed by atoms with E-state index >= 15 is 0 Å². The first-order valence-corrected chi connectivity index (χ1v) is 7.87. The molecule has 20 heavy (non-hydrogen) atoms. The van der Waals surface area contributed by atoms with Crippen molar-refractivity contribution in [1.29, 1.82) is 0 Å². The quantitative estimate of drug-likeness (QED) is 0.888. The number of nitrogens with zero attached hydrogens (tertiary/aromatic N) is 1. The molecule has 0 saturated carbocycles. The highest BCUT2D eigenvalue weighted by molar-refractivity contribution is 5.25. The van der Waals surface area contributed by atoms with Gasteiger partial charge in [-0.1, -0.05) is 25.5 Å². The Labute approximate surface area is 122 Å². The van der Waals surface area contributed by atoms with Gasteiger partial charge in [-0.2, -0.15) is 0 Å².